The van der Waals surface area contributed by atoms with E-state index < -0.39 is 5.91 Å². The van der Waals surface area contributed by atoms with Crippen molar-refractivity contribution in [3.63, 3.8) is 0 Å². The lowest BCUT2D eigenvalue weighted by molar-refractivity contribution is -0.130. The Balaban J connectivity index is 2.20. The first-order valence-corrected chi connectivity index (χ1v) is 7.87. The lowest BCUT2D eigenvalue weighted by Gasteiger charge is -2.09. The first-order valence-electron chi connectivity index (χ1n) is 7.49. The van der Waals surface area contributed by atoms with Gasteiger partial charge >= 0.3 is 0 Å². The van der Waals surface area contributed by atoms with Crippen LogP contribution < -0.4 is 15.6 Å². The number of amides is 2. The van der Waals surface area contributed by atoms with Crippen molar-refractivity contribution in [2.24, 2.45) is 0 Å². The van der Waals surface area contributed by atoms with Gasteiger partial charge in [-0.05, 0) is 37.1 Å². The summed E-state index contributed by atoms with van der Waals surface area (Å²) in [6.45, 7) is 3.80. The summed E-state index contributed by atoms with van der Waals surface area (Å²) in [5, 5.41) is 0.645. The maximum Gasteiger partial charge on any atom is 0.276 e. The highest BCUT2D eigenvalue weighted by atomic mass is 35.5. The van der Waals surface area contributed by atoms with Gasteiger partial charge in [0, 0.05) is 11.4 Å². The number of hydrogen-bond acceptors (Lipinski definition) is 3. The minimum atomic E-state index is -0.408. The maximum atomic E-state index is 11.6. The highest BCUT2D eigenvalue weighted by Crippen LogP contribution is 2.20. The molecule has 0 spiro atoms. The van der Waals surface area contributed by atoms with Gasteiger partial charge in [0.25, 0.3) is 5.91 Å². The molecular formula is C16H23ClN2O3. The molecule has 122 valence electrons. The number of carbonyl (C=O) groups is 2. The fourth-order valence-electron chi connectivity index (χ4n) is 1.81. The Morgan fingerprint density at radius 1 is 1.14 bits per heavy atom. The summed E-state index contributed by atoms with van der Waals surface area (Å²) in [6.07, 6.45) is 4.51. The number of hydrazine groups is 1. The number of carbonyl (C=O) groups excluding carboxylic acids is 2. The Morgan fingerprint density at radius 3 is 2.55 bits per heavy atom. The molecule has 0 bridgehead atoms. The van der Waals surface area contributed by atoms with Gasteiger partial charge in [-0.1, -0.05) is 37.8 Å². The van der Waals surface area contributed by atoms with Crippen molar-refractivity contribution in [3.05, 3.63) is 28.8 Å². The molecule has 2 N–H and O–H groups in total. The molecule has 0 unspecified atom stereocenters. The van der Waals surface area contributed by atoms with Crippen molar-refractivity contribution in [3.8, 4) is 5.75 Å². The Kier molecular flexibility index (Phi) is 8.36. The zero-order valence-electron chi connectivity index (χ0n) is 13.1. The Bertz CT molecular complexity index is 506. The topological polar surface area (TPSA) is 67.4 Å². The second-order valence-corrected chi connectivity index (χ2v) is 5.51. The number of rotatable bonds is 8. The van der Waals surface area contributed by atoms with E-state index in [0.717, 1.165) is 31.2 Å². The monoisotopic (exact) mass is 326 g/mol. The van der Waals surface area contributed by atoms with Crippen molar-refractivity contribution in [1.29, 1.82) is 0 Å². The van der Waals surface area contributed by atoms with Gasteiger partial charge in [0.15, 0.2) is 6.61 Å². The fourth-order valence-corrected chi connectivity index (χ4v) is 1.92. The molecule has 0 saturated heterocycles. The van der Waals surface area contributed by atoms with E-state index in [2.05, 4.69) is 17.8 Å². The first-order chi connectivity index (χ1) is 10.5. The SMILES string of the molecule is CCCCCCC(=O)NNC(=O)COc1ccc(Cl)c(C)c1. The van der Waals surface area contributed by atoms with E-state index in [4.69, 9.17) is 16.3 Å². The van der Waals surface area contributed by atoms with Crippen molar-refractivity contribution in [2.45, 2.75) is 46.0 Å². The molecule has 0 aliphatic carbocycles. The molecule has 1 aromatic rings. The van der Waals surface area contributed by atoms with Crippen molar-refractivity contribution in [1.82, 2.24) is 10.9 Å². The number of halogens is 1. The Morgan fingerprint density at radius 2 is 1.86 bits per heavy atom. The molecule has 2 amide bonds. The minimum Gasteiger partial charge on any atom is -0.484 e. The zero-order chi connectivity index (χ0) is 16.4. The summed E-state index contributed by atoms with van der Waals surface area (Å²) >= 11 is 5.91. The van der Waals surface area contributed by atoms with Gasteiger partial charge in [-0.25, -0.2) is 0 Å². The molecule has 1 rings (SSSR count). The summed E-state index contributed by atoms with van der Waals surface area (Å²) < 4.78 is 5.33. The van der Waals surface area contributed by atoms with Crippen molar-refractivity contribution < 1.29 is 14.3 Å². The molecule has 0 fully saturated rings. The van der Waals surface area contributed by atoms with E-state index in [0.29, 0.717) is 17.2 Å². The number of nitrogens with one attached hydrogen (secondary N) is 2. The van der Waals surface area contributed by atoms with E-state index in [9.17, 15) is 9.59 Å². The van der Waals surface area contributed by atoms with Crippen LogP contribution in [0.5, 0.6) is 5.75 Å². The highest BCUT2D eigenvalue weighted by molar-refractivity contribution is 6.31. The van der Waals surface area contributed by atoms with Gasteiger partial charge in [0.1, 0.15) is 5.75 Å². The average Bonchev–Trinajstić information content (AvgIpc) is 2.50. The summed E-state index contributed by atoms with van der Waals surface area (Å²) in [5.41, 5.74) is 5.58. The standard InChI is InChI=1S/C16H23ClN2O3/c1-3-4-5-6-7-15(20)18-19-16(21)11-22-13-8-9-14(17)12(2)10-13/h8-10H,3-7,11H2,1-2H3,(H,18,20)(H,19,21). The Hall–Kier alpha value is -1.75. The largest absolute Gasteiger partial charge is 0.484 e. The third-order valence-corrected chi connectivity index (χ3v) is 3.52. The summed E-state index contributed by atoms with van der Waals surface area (Å²) in [5.74, 6) is -0.0377. The highest BCUT2D eigenvalue weighted by Gasteiger charge is 2.06. The van der Waals surface area contributed by atoms with Gasteiger partial charge < -0.3 is 4.74 Å². The van der Waals surface area contributed by atoms with Crippen LogP contribution in [0.4, 0.5) is 0 Å². The normalized spacial score (nSPS) is 10.1. The number of hydrogen-bond donors (Lipinski definition) is 2. The summed E-state index contributed by atoms with van der Waals surface area (Å²) in [4.78, 5) is 23.1. The van der Waals surface area contributed by atoms with Crippen LogP contribution in [0.15, 0.2) is 18.2 Å². The molecule has 6 heteroatoms. The van der Waals surface area contributed by atoms with Crippen LogP contribution in [0.2, 0.25) is 5.02 Å². The third kappa shape index (κ3) is 7.31. The van der Waals surface area contributed by atoms with Gasteiger partial charge in [0.2, 0.25) is 5.91 Å². The van der Waals surface area contributed by atoms with Crippen LogP contribution in [-0.4, -0.2) is 18.4 Å². The van der Waals surface area contributed by atoms with Gasteiger partial charge in [-0.2, -0.15) is 0 Å². The summed E-state index contributed by atoms with van der Waals surface area (Å²) in [6, 6.07) is 5.15. The quantitative estimate of drug-likeness (QED) is 0.569. The number of aryl methyl sites for hydroxylation is 1. The maximum absolute atomic E-state index is 11.6. The Labute approximate surface area is 136 Å². The molecule has 0 atom stereocenters. The van der Waals surface area contributed by atoms with Crippen LogP contribution in [-0.2, 0) is 9.59 Å². The molecule has 5 nitrogen and oxygen atoms in total. The van der Waals surface area contributed by atoms with Crippen LogP contribution in [0.1, 0.15) is 44.6 Å². The van der Waals surface area contributed by atoms with E-state index in [1.807, 2.05) is 6.92 Å². The fraction of sp³-hybridized carbons (Fsp3) is 0.500. The molecule has 0 radical (unpaired) electrons. The smallest absolute Gasteiger partial charge is 0.276 e. The number of benzene rings is 1. The average molecular weight is 327 g/mol. The zero-order valence-corrected chi connectivity index (χ0v) is 13.8. The van der Waals surface area contributed by atoms with E-state index in [1.165, 1.54) is 0 Å². The van der Waals surface area contributed by atoms with Crippen LogP contribution in [0.25, 0.3) is 0 Å². The molecule has 1 aromatic carbocycles. The molecule has 0 aliphatic rings. The van der Waals surface area contributed by atoms with Crippen molar-refractivity contribution in [2.75, 3.05) is 6.61 Å². The van der Waals surface area contributed by atoms with Crippen molar-refractivity contribution >= 4 is 23.4 Å². The number of ether oxygens (including phenoxy) is 1. The third-order valence-electron chi connectivity index (χ3n) is 3.10. The van der Waals surface area contributed by atoms with E-state index in [-0.39, 0.29) is 12.5 Å². The predicted octanol–water partition coefficient (Wildman–Crippen LogP) is 3.15. The van der Waals surface area contributed by atoms with Gasteiger partial charge in [0.05, 0.1) is 0 Å². The first kappa shape index (κ1) is 18.3. The van der Waals surface area contributed by atoms with Crippen LogP contribution >= 0.6 is 11.6 Å². The second kappa shape index (κ2) is 10.1. The van der Waals surface area contributed by atoms with E-state index in [1.54, 1.807) is 18.2 Å². The summed E-state index contributed by atoms with van der Waals surface area (Å²) in [7, 11) is 0. The van der Waals surface area contributed by atoms with Crippen LogP contribution in [0, 0.1) is 6.92 Å². The second-order valence-electron chi connectivity index (χ2n) is 5.11. The van der Waals surface area contributed by atoms with Gasteiger partial charge in [-0.3, -0.25) is 20.4 Å². The lowest BCUT2D eigenvalue weighted by Crippen LogP contribution is -2.43. The molecule has 0 saturated carbocycles. The molecule has 0 aromatic heterocycles. The lowest BCUT2D eigenvalue weighted by atomic mass is 10.1. The van der Waals surface area contributed by atoms with E-state index >= 15 is 0 Å². The van der Waals surface area contributed by atoms with Crippen LogP contribution in [0.3, 0.4) is 0 Å². The van der Waals surface area contributed by atoms with Gasteiger partial charge in [-0.15, -0.1) is 0 Å². The number of unbranched alkanes of at least 4 members (excludes halogenated alkanes) is 3. The molecule has 22 heavy (non-hydrogen) atoms. The minimum absolute atomic E-state index is 0.169. The predicted molar refractivity (Wildman–Crippen MR) is 86.7 cm³/mol. The molecule has 0 aliphatic heterocycles. The molecule has 0 heterocycles. The molecular weight excluding hydrogens is 304 g/mol.